The number of nitrogens with zero attached hydrogens (tertiary/aromatic N) is 4. The quantitative estimate of drug-likeness (QED) is 0.381. The zero-order valence-corrected chi connectivity index (χ0v) is 20.3. The predicted molar refractivity (Wildman–Crippen MR) is 130 cm³/mol. The van der Waals surface area contributed by atoms with Gasteiger partial charge in [0.2, 0.25) is 5.91 Å². The monoisotopic (exact) mass is 509 g/mol. The number of aromatic nitrogens is 3. The van der Waals surface area contributed by atoms with Crippen LogP contribution in [0, 0.1) is 0 Å². The molecule has 1 aromatic heterocycles. The topological polar surface area (TPSA) is 89.4 Å². The Morgan fingerprint density at radius 3 is 2.48 bits per heavy atom. The van der Waals surface area contributed by atoms with Crippen molar-refractivity contribution in [1.29, 1.82) is 0 Å². The molecule has 3 aromatic rings. The summed E-state index contributed by atoms with van der Waals surface area (Å²) >= 11 is 18.1. The molecule has 0 atom stereocenters. The molecule has 0 aliphatic rings. The van der Waals surface area contributed by atoms with E-state index in [0.29, 0.717) is 22.0 Å². The van der Waals surface area contributed by atoms with Crippen LogP contribution in [0.3, 0.4) is 0 Å². The number of aldehydes is 1. The number of halogens is 3. The van der Waals surface area contributed by atoms with Crippen molar-refractivity contribution in [2.45, 2.75) is 27.0 Å². The highest BCUT2D eigenvalue weighted by molar-refractivity contribution is 6.42. The Morgan fingerprint density at radius 2 is 1.85 bits per heavy atom. The minimum Gasteiger partial charge on any atom is -0.486 e. The minimum absolute atomic E-state index is 0.0823. The van der Waals surface area contributed by atoms with Crippen molar-refractivity contribution in [1.82, 2.24) is 15.0 Å². The summed E-state index contributed by atoms with van der Waals surface area (Å²) in [5, 5.41) is 11.4. The van der Waals surface area contributed by atoms with Gasteiger partial charge < -0.3 is 15.0 Å². The lowest BCUT2D eigenvalue weighted by molar-refractivity contribution is -0.116. The summed E-state index contributed by atoms with van der Waals surface area (Å²) in [5.74, 6) is 0.0578. The van der Waals surface area contributed by atoms with E-state index in [4.69, 9.17) is 39.5 Å². The SMILES string of the molecule is CCN(CC)c1ccc(C=O)c(OCc2cn(CC(=O)Nc3c(Cl)cc(Cl)cc3Cl)nn2)c1. The smallest absolute Gasteiger partial charge is 0.246 e. The molecular weight excluding hydrogens is 489 g/mol. The molecule has 0 aliphatic heterocycles. The Hall–Kier alpha value is -2.81. The van der Waals surface area contributed by atoms with Crippen LogP contribution in [0.2, 0.25) is 15.1 Å². The van der Waals surface area contributed by atoms with Crippen LogP contribution in [0.1, 0.15) is 29.9 Å². The average molecular weight is 511 g/mol. The van der Waals surface area contributed by atoms with E-state index in [9.17, 15) is 9.59 Å². The first-order chi connectivity index (χ1) is 15.8. The van der Waals surface area contributed by atoms with Crippen LogP contribution in [-0.2, 0) is 17.9 Å². The molecule has 174 valence electrons. The molecule has 0 spiro atoms. The molecule has 2 aromatic carbocycles. The van der Waals surface area contributed by atoms with Crippen LogP contribution in [0.4, 0.5) is 11.4 Å². The van der Waals surface area contributed by atoms with Gasteiger partial charge in [0.05, 0.1) is 27.5 Å². The summed E-state index contributed by atoms with van der Waals surface area (Å²) in [4.78, 5) is 25.9. The maximum Gasteiger partial charge on any atom is 0.246 e. The second-order valence-corrected chi connectivity index (χ2v) is 8.25. The lowest BCUT2D eigenvalue weighted by Gasteiger charge is -2.22. The molecule has 0 saturated heterocycles. The summed E-state index contributed by atoms with van der Waals surface area (Å²) in [6, 6.07) is 8.41. The lowest BCUT2D eigenvalue weighted by Crippen LogP contribution is -2.21. The van der Waals surface area contributed by atoms with E-state index in [1.807, 2.05) is 12.1 Å². The summed E-state index contributed by atoms with van der Waals surface area (Å²) in [6.07, 6.45) is 2.33. The largest absolute Gasteiger partial charge is 0.486 e. The van der Waals surface area contributed by atoms with Gasteiger partial charge in [0.15, 0.2) is 6.29 Å². The third-order valence-corrected chi connectivity index (χ3v) is 5.61. The number of carbonyl (C=O) groups is 2. The summed E-state index contributed by atoms with van der Waals surface area (Å²) in [6.45, 7) is 5.75. The second-order valence-electron chi connectivity index (χ2n) is 7.00. The highest BCUT2D eigenvalue weighted by Crippen LogP contribution is 2.33. The van der Waals surface area contributed by atoms with Gasteiger partial charge in [-0.15, -0.1) is 5.10 Å². The normalized spacial score (nSPS) is 10.7. The summed E-state index contributed by atoms with van der Waals surface area (Å²) in [5.41, 5.74) is 2.16. The molecule has 0 unspecified atom stereocenters. The van der Waals surface area contributed by atoms with Gasteiger partial charge in [0.1, 0.15) is 24.6 Å². The number of amides is 1. The van der Waals surface area contributed by atoms with E-state index in [-0.39, 0.29) is 28.9 Å². The van der Waals surface area contributed by atoms with Gasteiger partial charge in [0.25, 0.3) is 0 Å². The number of anilines is 2. The minimum atomic E-state index is -0.395. The first-order valence-corrected chi connectivity index (χ1v) is 11.3. The Morgan fingerprint density at radius 1 is 1.15 bits per heavy atom. The van der Waals surface area contributed by atoms with Crippen LogP contribution in [-0.4, -0.2) is 40.3 Å². The van der Waals surface area contributed by atoms with E-state index >= 15 is 0 Å². The van der Waals surface area contributed by atoms with Crippen molar-refractivity contribution in [2.24, 2.45) is 0 Å². The average Bonchev–Trinajstić information content (AvgIpc) is 3.23. The van der Waals surface area contributed by atoms with Crippen LogP contribution < -0.4 is 15.0 Å². The molecule has 8 nitrogen and oxygen atoms in total. The molecule has 1 heterocycles. The Kier molecular flexibility index (Phi) is 8.55. The lowest BCUT2D eigenvalue weighted by atomic mass is 10.2. The number of benzene rings is 2. The van der Waals surface area contributed by atoms with E-state index in [2.05, 4.69) is 34.4 Å². The highest BCUT2D eigenvalue weighted by atomic mass is 35.5. The van der Waals surface area contributed by atoms with Gasteiger partial charge in [-0.05, 0) is 38.1 Å². The zero-order chi connectivity index (χ0) is 24.0. The molecule has 0 saturated carbocycles. The van der Waals surface area contributed by atoms with Crippen LogP contribution in [0.5, 0.6) is 5.75 Å². The van der Waals surface area contributed by atoms with Crippen molar-refractivity contribution in [3.8, 4) is 5.75 Å². The molecule has 33 heavy (non-hydrogen) atoms. The van der Waals surface area contributed by atoms with Crippen molar-refractivity contribution in [2.75, 3.05) is 23.3 Å². The van der Waals surface area contributed by atoms with Gasteiger partial charge in [-0.25, -0.2) is 4.68 Å². The highest BCUT2D eigenvalue weighted by Gasteiger charge is 2.14. The van der Waals surface area contributed by atoms with E-state index in [1.165, 1.54) is 16.8 Å². The van der Waals surface area contributed by atoms with Crippen molar-refractivity contribution >= 4 is 58.4 Å². The Balaban J connectivity index is 1.64. The summed E-state index contributed by atoms with van der Waals surface area (Å²) in [7, 11) is 0. The molecular formula is C22H22Cl3N5O3. The summed E-state index contributed by atoms with van der Waals surface area (Å²) < 4.78 is 7.19. The van der Waals surface area contributed by atoms with Crippen molar-refractivity contribution in [3.05, 3.63) is 62.9 Å². The number of nitrogens with one attached hydrogen (secondary N) is 1. The van der Waals surface area contributed by atoms with Gasteiger partial charge >= 0.3 is 0 Å². The standard InChI is InChI=1S/C22H22Cl3N5O3/c1-3-29(4-2)17-6-5-14(12-31)20(9-17)33-13-16-10-30(28-27-16)11-21(32)26-22-18(24)7-15(23)8-19(22)25/h5-10,12H,3-4,11,13H2,1-2H3,(H,26,32). The molecule has 0 fully saturated rings. The maximum absolute atomic E-state index is 12.4. The van der Waals surface area contributed by atoms with Gasteiger partial charge in [0, 0.05) is 29.9 Å². The zero-order valence-electron chi connectivity index (χ0n) is 18.0. The fourth-order valence-corrected chi connectivity index (χ4v) is 4.06. The third-order valence-electron chi connectivity index (χ3n) is 4.79. The fourth-order valence-electron chi connectivity index (χ4n) is 3.15. The fraction of sp³-hybridized carbons (Fsp3) is 0.273. The van der Waals surface area contributed by atoms with Gasteiger partial charge in [-0.2, -0.15) is 0 Å². The molecule has 3 rings (SSSR count). The van der Waals surface area contributed by atoms with Crippen LogP contribution in [0.25, 0.3) is 0 Å². The molecule has 0 radical (unpaired) electrons. The number of carbonyl (C=O) groups excluding carboxylic acids is 2. The van der Waals surface area contributed by atoms with E-state index in [1.54, 1.807) is 12.3 Å². The maximum atomic E-state index is 12.4. The first-order valence-electron chi connectivity index (χ1n) is 10.1. The van der Waals surface area contributed by atoms with Gasteiger partial charge in [-0.1, -0.05) is 40.0 Å². The third kappa shape index (κ3) is 6.37. The molecule has 0 bridgehead atoms. The predicted octanol–water partition coefficient (Wildman–Crippen LogP) is 5.11. The Labute approximate surface area is 206 Å². The van der Waals surface area contributed by atoms with Crippen molar-refractivity contribution in [3.63, 3.8) is 0 Å². The van der Waals surface area contributed by atoms with Gasteiger partial charge in [-0.3, -0.25) is 9.59 Å². The number of ether oxygens (including phenoxy) is 1. The molecule has 0 aliphatic carbocycles. The van der Waals surface area contributed by atoms with Crippen LogP contribution >= 0.6 is 34.8 Å². The van der Waals surface area contributed by atoms with Crippen LogP contribution in [0.15, 0.2) is 36.5 Å². The number of hydrogen-bond donors (Lipinski definition) is 1. The second kappa shape index (κ2) is 11.4. The molecule has 1 amide bonds. The molecule has 1 N–H and O–H groups in total. The first kappa shape index (κ1) is 24.8. The van der Waals surface area contributed by atoms with E-state index in [0.717, 1.165) is 25.1 Å². The number of rotatable bonds is 10. The van der Waals surface area contributed by atoms with Crippen molar-refractivity contribution < 1.29 is 14.3 Å². The molecule has 11 heteroatoms. The Bertz CT molecular complexity index is 1130. The van der Waals surface area contributed by atoms with E-state index < -0.39 is 5.91 Å². The number of hydrogen-bond acceptors (Lipinski definition) is 6.